The van der Waals surface area contributed by atoms with Gasteiger partial charge < -0.3 is 15.3 Å². The molecule has 6 nitrogen and oxygen atoms in total. The van der Waals surface area contributed by atoms with Crippen LogP contribution in [0.3, 0.4) is 0 Å². The number of carbonyl (C=O) groups is 3. The van der Waals surface area contributed by atoms with Gasteiger partial charge in [0.15, 0.2) is 0 Å². The Bertz CT molecular complexity index is 659. The highest BCUT2D eigenvalue weighted by atomic mass is 35.5. The normalized spacial score (nSPS) is 10.9. The Labute approximate surface area is 159 Å². The van der Waals surface area contributed by atoms with Crippen LogP contribution in [0.1, 0.15) is 50.9 Å². The summed E-state index contributed by atoms with van der Waals surface area (Å²) in [4.78, 5) is 37.2. The molecule has 0 aromatic heterocycles. The minimum absolute atomic E-state index is 0.104. The number of amides is 2. The van der Waals surface area contributed by atoms with Crippen LogP contribution in [0.2, 0.25) is 5.02 Å². The zero-order chi connectivity index (χ0) is 19.9. The fourth-order valence-corrected chi connectivity index (χ4v) is 2.67. The monoisotopic (exact) mass is 382 g/mol. The second-order valence-corrected chi connectivity index (χ2v) is 7.54. The van der Waals surface area contributed by atoms with Crippen LogP contribution in [0, 0.1) is 11.8 Å². The molecular weight excluding hydrogens is 356 g/mol. The molecule has 0 heterocycles. The van der Waals surface area contributed by atoms with E-state index in [9.17, 15) is 14.4 Å². The van der Waals surface area contributed by atoms with Crippen LogP contribution in [-0.2, 0) is 9.59 Å². The van der Waals surface area contributed by atoms with Crippen molar-refractivity contribution < 1.29 is 19.5 Å². The third-order valence-corrected chi connectivity index (χ3v) is 3.87. The third kappa shape index (κ3) is 7.44. The van der Waals surface area contributed by atoms with Gasteiger partial charge in [0.25, 0.3) is 5.91 Å². The number of benzene rings is 1. The highest BCUT2D eigenvalue weighted by Crippen LogP contribution is 2.23. The SMILES string of the molecule is CC(C)CC(=O)Nc1ccc(Cl)c(C(=O)N(CCC(=O)O)CC(C)C)c1. The molecule has 0 aliphatic carbocycles. The van der Waals surface area contributed by atoms with Crippen LogP contribution in [-0.4, -0.2) is 40.9 Å². The summed E-state index contributed by atoms with van der Waals surface area (Å²) in [6, 6.07) is 4.74. The van der Waals surface area contributed by atoms with Gasteiger partial charge in [-0.2, -0.15) is 0 Å². The topological polar surface area (TPSA) is 86.7 Å². The first-order chi connectivity index (χ1) is 12.1. The van der Waals surface area contributed by atoms with Gasteiger partial charge in [0.2, 0.25) is 5.91 Å². The predicted octanol–water partition coefficient (Wildman–Crippen LogP) is 3.90. The molecule has 0 fully saturated rings. The van der Waals surface area contributed by atoms with Crippen molar-refractivity contribution in [2.24, 2.45) is 11.8 Å². The van der Waals surface area contributed by atoms with Gasteiger partial charge in [-0.05, 0) is 30.0 Å². The van der Waals surface area contributed by atoms with Gasteiger partial charge >= 0.3 is 5.97 Å². The van der Waals surface area contributed by atoms with E-state index in [1.54, 1.807) is 12.1 Å². The Morgan fingerprint density at radius 3 is 2.35 bits per heavy atom. The second kappa shape index (κ2) is 10.2. The zero-order valence-electron chi connectivity index (χ0n) is 15.7. The summed E-state index contributed by atoms with van der Waals surface area (Å²) in [5, 5.41) is 11.9. The lowest BCUT2D eigenvalue weighted by Crippen LogP contribution is -2.36. The molecule has 2 N–H and O–H groups in total. The van der Waals surface area contributed by atoms with Crippen LogP contribution in [0.5, 0.6) is 0 Å². The molecule has 7 heteroatoms. The predicted molar refractivity (Wildman–Crippen MR) is 103 cm³/mol. The Kier molecular flexibility index (Phi) is 8.58. The largest absolute Gasteiger partial charge is 0.481 e. The standard InChI is InChI=1S/C19H27ClN2O4/c1-12(2)9-17(23)21-14-5-6-16(20)15(10-14)19(26)22(11-13(3)4)8-7-18(24)25/h5-6,10,12-13H,7-9,11H2,1-4H3,(H,21,23)(H,24,25). The molecule has 1 rings (SSSR count). The number of carboxylic acids is 1. The number of hydrogen-bond donors (Lipinski definition) is 2. The molecule has 26 heavy (non-hydrogen) atoms. The number of hydrogen-bond acceptors (Lipinski definition) is 3. The van der Waals surface area contributed by atoms with E-state index < -0.39 is 5.97 Å². The fourth-order valence-electron chi connectivity index (χ4n) is 2.47. The minimum Gasteiger partial charge on any atom is -0.481 e. The first-order valence-electron chi connectivity index (χ1n) is 8.70. The Balaban J connectivity index is 3.01. The molecule has 2 amide bonds. The minimum atomic E-state index is -0.965. The van der Waals surface area contributed by atoms with Gasteiger partial charge in [0.05, 0.1) is 17.0 Å². The van der Waals surface area contributed by atoms with Crippen LogP contribution in [0.25, 0.3) is 0 Å². The molecule has 0 saturated heterocycles. The summed E-state index contributed by atoms with van der Waals surface area (Å²) >= 11 is 6.18. The summed E-state index contributed by atoms with van der Waals surface area (Å²) in [5.41, 5.74) is 0.742. The van der Waals surface area contributed by atoms with Crippen LogP contribution < -0.4 is 5.32 Å². The molecule has 0 aliphatic heterocycles. The summed E-state index contributed by atoms with van der Waals surface area (Å²) in [5.74, 6) is -1.04. The molecular formula is C19H27ClN2O4. The van der Waals surface area contributed by atoms with Crippen molar-refractivity contribution in [3.8, 4) is 0 Å². The lowest BCUT2D eigenvalue weighted by Gasteiger charge is -2.24. The molecule has 0 radical (unpaired) electrons. The van der Waals surface area contributed by atoms with Gasteiger partial charge in [-0.3, -0.25) is 14.4 Å². The number of nitrogens with one attached hydrogen (secondary N) is 1. The van der Waals surface area contributed by atoms with Crippen molar-refractivity contribution in [3.05, 3.63) is 28.8 Å². The second-order valence-electron chi connectivity index (χ2n) is 7.13. The van der Waals surface area contributed by atoms with Crippen molar-refractivity contribution >= 4 is 35.1 Å². The van der Waals surface area contributed by atoms with Gasteiger partial charge in [0.1, 0.15) is 0 Å². The Hall–Kier alpha value is -2.08. The molecule has 1 aromatic carbocycles. The van der Waals surface area contributed by atoms with E-state index in [1.165, 1.54) is 11.0 Å². The molecule has 0 bridgehead atoms. The lowest BCUT2D eigenvalue weighted by molar-refractivity contribution is -0.137. The number of halogens is 1. The van der Waals surface area contributed by atoms with Gasteiger partial charge in [-0.25, -0.2) is 0 Å². The summed E-state index contributed by atoms with van der Waals surface area (Å²) < 4.78 is 0. The maximum atomic E-state index is 12.9. The van der Waals surface area contributed by atoms with E-state index in [4.69, 9.17) is 16.7 Å². The Morgan fingerprint density at radius 1 is 1.15 bits per heavy atom. The van der Waals surface area contributed by atoms with Crippen molar-refractivity contribution in [1.82, 2.24) is 4.90 Å². The molecule has 0 aliphatic rings. The van der Waals surface area contributed by atoms with Crippen molar-refractivity contribution in [3.63, 3.8) is 0 Å². The first kappa shape index (κ1) is 22.0. The summed E-state index contributed by atoms with van der Waals surface area (Å²) in [6.45, 7) is 8.32. The lowest BCUT2D eigenvalue weighted by atomic mass is 10.1. The highest BCUT2D eigenvalue weighted by Gasteiger charge is 2.21. The summed E-state index contributed by atoms with van der Waals surface area (Å²) in [7, 11) is 0. The number of aliphatic carboxylic acids is 1. The molecule has 0 unspecified atom stereocenters. The average molecular weight is 383 g/mol. The zero-order valence-corrected chi connectivity index (χ0v) is 16.5. The summed E-state index contributed by atoms with van der Waals surface area (Å²) in [6.07, 6.45) is 0.241. The Morgan fingerprint density at radius 2 is 1.81 bits per heavy atom. The maximum absolute atomic E-state index is 12.9. The van der Waals surface area contributed by atoms with E-state index >= 15 is 0 Å². The number of nitrogens with zero attached hydrogens (tertiary/aromatic N) is 1. The van der Waals surface area contributed by atoms with E-state index in [-0.39, 0.29) is 47.2 Å². The molecule has 0 spiro atoms. The van der Waals surface area contributed by atoms with E-state index in [0.717, 1.165) is 0 Å². The average Bonchev–Trinajstić information content (AvgIpc) is 2.51. The van der Waals surface area contributed by atoms with Gasteiger partial charge in [-0.1, -0.05) is 39.3 Å². The van der Waals surface area contributed by atoms with Crippen LogP contribution in [0.15, 0.2) is 18.2 Å². The number of rotatable bonds is 9. The van der Waals surface area contributed by atoms with Crippen molar-refractivity contribution in [1.29, 1.82) is 0 Å². The van der Waals surface area contributed by atoms with Crippen LogP contribution in [0.4, 0.5) is 5.69 Å². The third-order valence-electron chi connectivity index (χ3n) is 3.54. The quantitative estimate of drug-likeness (QED) is 0.678. The highest BCUT2D eigenvalue weighted by molar-refractivity contribution is 6.34. The first-order valence-corrected chi connectivity index (χ1v) is 9.08. The molecule has 0 saturated carbocycles. The van der Waals surface area contributed by atoms with Crippen molar-refractivity contribution in [2.75, 3.05) is 18.4 Å². The maximum Gasteiger partial charge on any atom is 0.305 e. The smallest absolute Gasteiger partial charge is 0.305 e. The van der Waals surface area contributed by atoms with Crippen LogP contribution >= 0.6 is 11.6 Å². The number of anilines is 1. The van der Waals surface area contributed by atoms with E-state index in [0.29, 0.717) is 18.7 Å². The molecule has 144 valence electrons. The molecule has 1 aromatic rings. The van der Waals surface area contributed by atoms with Gasteiger partial charge in [0, 0.05) is 25.2 Å². The van der Waals surface area contributed by atoms with Gasteiger partial charge in [-0.15, -0.1) is 0 Å². The molecule has 0 atom stereocenters. The van der Waals surface area contributed by atoms with E-state index in [2.05, 4.69) is 5.32 Å². The number of carbonyl (C=O) groups excluding carboxylic acids is 2. The number of carboxylic acid groups (broad SMARTS) is 1. The fraction of sp³-hybridized carbons (Fsp3) is 0.526. The van der Waals surface area contributed by atoms with Crippen molar-refractivity contribution in [2.45, 2.75) is 40.5 Å². The van der Waals surface area contributed by atoms with E-state index in [1.807, 2.05) is 27.7 Å².